The zero-order valence-electron chi connectivity index (χ0n) is 14.2. The number of aromatic nitrogens is 4. The minimum Gasteiger partial charge on any atom is -0.497 e. The summed E-state index contributed by atoms with van der Waals surface area (Å²) >= 11 is 8.40. The van der Waals surface area contributed by atoms with Crippen LogP contribution in [0.4, 0.5) is 0 Å². The second-order valence-electron chi connectivity index (χ2n) is 5.41. The van der Waals surface area contributed by atoms with Gasteiger partial charge in [-0.1, -0.05) is 46.5 Å². The molecule has 0 saturated carbocycles. The Bertz CT molecular complexity index is 1090. The molecule has 136 valence electrons. The van der Waals surface area contributed by atoms with E-state index in [1.54, 1.807) is 11.8 Å². The third-order valence-corrected chi connectivity index (χ3v) is 6.02. The predicted octanol–water partition coefficient (Wildman–Crippen LogP) is 5.01. The van der Waals surface area contributed by atoms with Crippen LogP contribution in [0.25, 0.3) is 17.1 Å². The molecule has 2 aromatic carbocycles. The molecule has 0 spiro atoms. The van der Waals surface area contributed by atoms with Crippen molar-refractivity contribution in [2.75, 3.05) is 7.11 Å². The molecule has 0 radical (unpaired) electrons. The van der Waals surface area contributed by atoms with Crippen LogP contribution in [0.5, 0.6) is 5.75 Å². The molecule has 0 fully saturated rings. The molecule has 0 aliphatic carbocycles. The molecule has 0 amide bonds. The lowest BCUT2D eigenvalue weighted by Crippen LogP contribution is -1.95. The van der Waals surface area contributed by atoms with Crippen molar-refractivity contribution in [3.63, 3.8) is 0 Å². The molecule has 0 unspecified atom stereocenters. The number of thioether (sulfide) groups is 1. The molecular formula is C18H14N4O2S3. The summed E-state index contributed by atoms with van der Waals surface area (Å²) in [6.07, 6.45) is 0. The maximum Gasteiger partial charge on any atom is 0.237 e. The highest BCUT2D eigenvalue weighted by Crippen LogP contribution is 2.27. The molecule has 0 bridgehead atoms. The van der Waals surface area contributed by atoms with Gasteiger partial charge in [0.2, 0.25) is 11.7 Å². The molecule has 0 saturated heterocycles. The van der Waals surface area contributed by atoms with Crippen LogP contribution in [0.15, 0.2) is 63.5 Å². The summed E-state index contributed by atoms with van der Waals surface area (Å²) in [5.74, 6) is 2.40. The van der Waals surface area contributed by atoms with Gasteiger partial charge in [-0.3, -0.25) is 0 Å². The number of benzene rings is 2. The highest BCUT2D eigenvalue weighted by molar-refractivity contribution is 8.00. The lowest BCUT2D eigenvalue weighted by atomic mass is 10.2. The van der Waals surface area contributed by atoms with E-state index >= 15 is 0 Å². The summed E-state index contributed by atoms with van der Waals surface area (Å²) in [4.78, 5) is 4.44. The molecule has 0 atom stereocenters. The van der Waals surface area contributed by atoms with Crippen molar-refractivity contribution in [2.45, 2.75) is 10.1 Å². The van der Waals surface area contributed by atoms with Crippen molar-refractivity contribution < 1.29 is 9.26 Å². The van der Waals surface area contributed by atoms with Gasteiger partial charge in [0.05, 0.1) is 18.6 Å². The van der Waals surface area contributed by atoms with Crippen molar-refractivity contribution in [1.29, 1.82) is 0 Å². The average Bonchev–Trinajstić information content (AvgIpc) is 3.34. The Morgan fingerprint density at radius 3 is 2.67 bits per heavy atom. The van der Waals surface area contributed by atoms with Crippen LogP contribution in [0.2, 0.25) is 0 Å². The number of para-hydroxylation sites is 1. The number of ether oxygens (including phenoxy) is 1. The first-order chi connectivity index (χ1) is 13.2. The van der Waals surface area contributed by atoms with Gasteiger partial charge in [0.1, 0.15) is 5.75 Å². The lowest BCUT2D eigenvalue weighted by Gasteiger charge is -1.99. The fraction of sp³-hybridized carbons (Fsp3) is 0.111. The van der Waals surface area contributed by atoms with Crippen LogP contribution in [-0.4, -0.2) is 27.0 Å². The van der Waals surface area contributed by atoms with Crippen molar-refractivity contribution in [2.24, 2.45) is 0 Å². The van der Waals surface area contributed by atoms with Gasteiger partial charge in [-0.15, -0.1) is 5.10 Å². The number of nitrogens with zero attached hydrogens (tertiary/aromatic N) is 4. The first kappa shape index (κ1) is 17.9. The van der Waals surface area contributed by atoms with E-state index in [-0.39, 0.29) is 0 Å². The van der Waals surface area contributed by atoms with Crippen LogP contribution >= 0.6 is 35.3 Å². The fourth-order valence-corrected chi connectivity index (χ4v) is 4.54. The zero-order chi connectivity index (χ0) is 18.6. The van der Waals surface area contributed by atoms with Gasteiger partial charge in [-0.25, -0.2) is 4.68 Å². The summed E-state index contributed by atoms with van der Waals surface area (Å²) < 4.78 is 13.8. The smallest absolute Gasteiger partial charge is 0.237 e. The van der Waals surface area contributed by atoms with E-state index in [1.165, 1.54) is 23.1 Å². The number of rotatable bonds is 6. The molecule has 6 nitrogen and oxygen atoms in total. The Kier molecular flexibility index (Phi) is 5.33. The average molecular weight is 415 g/mol. The molecule has 9 heteroatoms. The molecule has 2 heterocycles. The van der Waals surface area contributed by atoms with Crippen molar-refractivity contribution in [1.82, 2.24) is 19.9 Å². The van der Waals surface area contributed by atoms with Crippen LogP contribution < -0.4 is 4.74 Å². The van der Waals surface area contributed by atoms with Gasteiger partial charge < -0.3 is 9.26 Å². The first-order valence-corrected chi connectivity index (χ1v) is 10.2. The van der Waals surface area contributed by atoms with Crippen LogP contribution in [0, 0.1) is 3.95 Å². The standard InChI is InChI=1S/C18H14N4O2S3/c1-23-14-9-7-12(8-10-14)16-19-15(24-21-16)11-26-17-20-22(18(25)27-17)13-5-3-2-4-6-13/h2-10H,11H2,1H3. The monoisotopic (exact) mass is 414 g/mol. The van der Waals surface area contributed by atoms with Gasteiger partial charge in [-0.2, -0.15) is 4.98 Å². The van der Waals surface area contributed by atoms with E-state index in [2.05, 4.69) is 15.2 Å². The number of hydrogen-bond acceptors (Lipinski definition) is 8. The summed E-state index contributed by atoms with van der Waals surface area (Å²) in [7, 11) is 1.63. The van der Waals surface area contributed by atoms with E-state index < -0.39 is 0 Å². The largest absolute Gasteiger partial charge is 0.497 e. The quantitative estimate of drug-likeness (QED) is 0.324. The normalized spacial score (nSPS) is 10.9. The maximum atomic E-state index is 5.42. The van der Waals surface area contributed by atoms with Crippen LogP contribution in [0.1, 0.15) is 5.89 Å². The van der Waals surface area contributed by atoms with E-state index in [4.69, 9.17) is 21.5 Å². The lowest BCUT2D eigenvalue weighted by molar-refractivity contribution is 0.391. The fourth-order valence-electron chi connectivity index (χ4n) is 2.35. The molecular weight excluding hydrogens is 400 g/mol. The van der Waals surface area contributed by atoms with Crippen molar-refractivity contribution in [3.8, 4) is 22.8 Å². The second-order valence-corrected chi connectivity index (χ2v) is 8.26. The second kappa shape index (κ2) is 8.03. The Morgan fingerprint density at radius 2 is 1.93 bits per heavy atom. The Morgan fingerprint density at radius 1 is 1.15 bits per heavy atom. The minimum atomic E-state index is 0.528. The Balaban J connectivity index is 1.45. The highest BCUT2D eigenvalue weighted by atomic mass is 32.2. The summed E-state index contributed by atoms with van der Waals surface area (Å²) in [5.41, 5.74) is 1.82. The minimum absolute atomic E-state index is 0.528. The topological polar surface area (TPSA) is 66.0 Å². The Hall–Kier alpha value is -2.49. The molecule has 4 aromatic rings. The molecule has 0 N–H and O–H groups in total. The van der Waals surface area contributed by atoms with Crippen molar-refractivity contribution >= 4 is 35.3 Å². The van der Waals surface area contributed by atoms with E-state index in [0.29, 0.717) is 21.4 Å². The van der Waals surface area contributed by atoms with Gasteiger partial charge >= 0.3 is 0 Å². The van der Waals surface area contributed by atoms with Crippen molar-refractivity contribution in [3.05, 3.63) is 64.4 Å². The van der Waals surface area contributed by atoms with Crippen LogP contribution in [0.3, 0.4) is 0 Å². The summed E-state index contributed by atoms with van der Waals surface area (Å²) in [5, 5.41) is 8.61. The summed E-state index contributed by atoms with van der Waals surface area (Å²) in [6, 6.07) is 17.4. The van der Waals surface area contributed by atoms with E-state index in [0.717, 1.165) is 21.3 Å². The summed E-state index contributed by atoms with van der Waals surface area (Å²) in [6.45, 7) is 0. The van der Waals surface area contributed by atoms with E-state index in [9.17, 15) is 0 Å². The molecule has 27 heavy (non-hydrogen) atoms. The number of methoxy groups -OCH3 is 1. The van der Waals surface area contributed by atoms with Gasteiger partial charge in [0.25, 0.3) is 0 Å². The van der Waals surface area contributed by atoms with Crippen LogP contribution in [-0.2, 0) is 5.75 Å². The molecule has 0 aliphatic heterocycles. The molecule has 0 aliphatic rings. The number of hydrogen-bond donors (Lipinski definition) is 0. The first-order valence-electron chi connectivity index (χ1n) is 7.98. The third-order valence-electron chi connectivity index (χ3n) is 3.67. The SMILES string of the molecule is COc1ccc(-c2noc(CSc3nn(-c4ccccc4)c(=S)s3)n2)cc1. The van der Waals surface area contributed by atoms with Gasteiger partial charge in [0, 0.05) is 5.56 Å². The molecule has 2 aromatic heterocycles. The van der Waals surface area contributed by atoms with Gasteiger partial charge in [-0.05, 0) is 48.6 Å². The van der Waals surface area contributed by atoms with Gasteiger partial charge in [0.15, 0.2) is 8.29 Å². The maximum absolute atomic E-state index is 5.42. The molecule has 4 rings (SSSR count). The Labute approximate surface area is 168 Å². The predicted molar refractivity (Wildman–Crippen MR) is 108 cm³/mol. The third kappa shape index (κ3) is 4.10. The highest BCUT2D eigenvalue weighted by Gasteiger charge is 2.12. The zero-order valence-corrected chi connectivity index (χ0v) is 16.7. The van der Waals surface area contributed by atoms with E-state index in [1.807, 2.05) is 54.6 Å².